The first-order valence-electron chi connectivity index (χ1n) is 6.26. The van der Waals surface area contributed by atoms with Crippen molar-refractivity contribution in [2.45, 2.75) is 35.3 Å². The minimum absolute atomic E-state index is 0.398. The Morgan fingerprint density at radius 3 is 2.67 bits per heavy atom. The molecule has 0 bridgehead atoms. The number of hydrogen-bond donors (Lipinski definition) is 1. The number of hydrogen-bond acceptors (Lipinski definition) is 4. The van der Waals surface area contributed by atoms with Crippen LogP contribution in [0.5, 0.6) is 5.75 Å². The quantitative estimate of drug-likeness (QED) is 0.847. The van der Waals surface area contributed by atoms with Crippen molar-refractivity contribution >= 4 is 15.5 Å². The second-order valence-electron chi connectivity index (χ2n) is 5.08. The van der Waals surface area contributed by atoms with Crippen molar-refractivity contribution in [1.29, 1.82) is 0 Å². The van der Waals surface area contributed by atoms with E-state index in [4.69, 9.17) is 4.74 Å². The molecule has 1 heterocycles. The van der Waals surface area contributed by atoms with E-state index in [0.717, 1.165) is 25.7 Å². The molecular formula is C13H17NO3S. The SMILES string of the molecule is COc1cccc2c1NCC1(CCCC1)S2(=O)=O. The van der Waals surface area contributed by atoms with E-state index < -0.39 is 14.6 Å². The molecular weight excluding hydrogens is 250 g/mol. The van der Waals surface area contributed by atoms with Gasteiger partial charge >= 0.3 is 0 Å². The third kappa shape index (κ3) is 1.40. The second kappa shape index (κ2) is 3.88. The Bertz CT molecular complexity index is 574. The minimum atomic E-state index is -3.26. The molecule has 1 aromatic rings. The number of sulfone groups is 1. The van der Waals surface area contributed by atoms with Crippen LogP contribution in [-0.4, -0.2) is 26.8 Å². The molecule has 0 saturated heterocycles. The van der Waals surface area contributed by atoms with Crippen molar-refractivity contribution in [3.63, 3.8) is 0 Å². The van der Waals surface area contributed by atoms with Gasteiger partial charge in [0.15, 0.2) is 9.84 Å². The molecule has 0 amide bonds. The van der Waals surface area contributed by atoms with Crippen LogP contribution in [0.3, 0.4) is 0 Å². The van der Waals surface area contributed by atoms with E-state index in [1.165, 1.54) is 0 Å². The van der Waals surface area contributed by atoms with E-state index in [-0.39, 0.29) is 0 Å². The van der Waals surface area contributed by atoms with Crippen molar-refractivity contribution in [3.8, 4) is 5.75 Å². The normalized spacial score (nSPS) is 23.4. The summed E-state index contributed by atoms with van der Waals surface area (Å²) in [6, 6.07) is 5.21. The first-order chi connectivity index (χ1) is 8.61. The molecule has 18 heavy (non-hydrogen) atoms. The Labute approximate surface area is 107 Å². The molecule has 1 aliphatic heterocycles. The maximum atomic E-state index is 12.8. The van der Waals surface area contributed by atoms with Gasteiger partial charge in [0.1, 0.15) is 5.75 Å². The fraction of sp³-hybridized carbons (Fsp3) is 0.538. The Morgan fingerprint density at radius 1 is 1.28 bits per heavy atom. The van der Waals surface area contributed by atoms with Crippen molar-refractivity contribution in [1.82, 2.24) is 0 Å². The highest BCUT2D eigenvalue weighted by Crippen LogP contribution is 2.47. The zero-order valence-electron chi connectivity index (χ0n) is 10.4. The summed E-state index contributed by atoms with van der Waals surface area (Å²) in [4.78, 5) is 0.398. The van der Waals surface area contributed by atoms with Gasteiger partial charge in [-0.1, -0.05) is 18.9 Å². The molecule has 1 spiro atoms. The molecule has 2 aliphatic rings. The highest BCUT2D eigenvalue weighted by atomic mass is 32.2. The highest BCUT2D eigenvalue weighted by molar-refractivity contribution is 7.93. The third-order valence-electron chi connectivity index (χ3n) is 4.17. The summed E-state index contributed by atoms with van der Waals surface area (Å²) in [5.41, 5.74) is 0.623. The summed E-state index contributed by atoms with van der Waals surface area (Å²) >= 11 is 0. The van der Waals surface area contributed by atoms with Crippen LogP contribution in [0.2, 0.25) is 0 Å². The largest absolute Gasteiger partial charge is 0.495 e. The third-order valence-corrected chi connectivity index (χ3v) is 6.78. The summed E-state index contributed by atoms with van der Waals surface area (Å²) < 4.78 is 30.2. The van der Waals surface area contributed by atoms with Crippen molar-refractivity contribution in [3.05, 3.63) is 18.2 Å². The molecule has 1 aromatic carbocycles. The molecule has 0 aromatic heterocycles. The Morgan fingerprint density at radius 2 is 2.00 bits per heavy atom. The topological polar surface area (TPSA) is 55.4 Å². The van der Waals surface area contributed by atoms with Gasteiger partial charge in [-0.15, -0.1) is 0 Å². The average molecular weight is 267 g/mol. The van der Waals surface area contributed by atoms with E-state index in [2.05, 4.69) is 5.32 Å². The summed E-state index contributed by atoms with van der Waals surface area (Å²) in [7, 11) is -1.70. The molecule has 0 unspecified atom stereocenters. The van der Waals surface area contributed by atoms with Gasteiger partial charge in [0.2, 0.25) is 0 Å². The van der Waals surface area contributed by atoms with Gasteiger partial charge in [-0.25, -0.2) is 8.42 Å². The molecule has 3 rings (SSSR count). The predicted octanol–water partition coefficient (Wildman–Crippen LogP) is 2.21. The van der Waals surface area contributed by atoms with Crippen LogP contribution >= 0.6 is 0 Å². The first-order valence-corrected chi connectivity index (χ1v) is 7.75. The summed E-state index contributed by atoms with van der Waals surface area (Å²) in [5, 5.41) is 3.27. The summed E-state index contributed by atoms with van der Waals surface area (Å²) in [6.07, 6.45) is 3.53. The number of fused-ring (bicyclic) bond motifs is 1. The van der Waals surface area contributed by atoms with Gasteiger partial charge in [-0.3, -0.25) is 0 Å². The fourth-order valence-electron chi connectivity index (χ4n) is 3.12. The lowest BCUT2D eigenvalue weighted by Crippen LogP contribution is -2.46. The van der Waals surface area contributed by atoms with Crippen LogP contribution < -0.4 is 10.1 Å². The number of rotatable bonds is 1. The molecule has 0 atom stereocenters. The van der Waals surface area contributed by atoms with Crippen LogP contribution in [0.1, 0.15) is 25.7 Å². The van der Waals surface area contributed by atoms with E-state index in [0.29, 0.717) is 22.9 Å². The maximum Gasteiger partial charge on any atom is 0.187 e. The Balaban J connectivity index is 2.19. The number of anilines is 1. The van der Waals surface area contributed by atoms with Gasteiger partial charge in [0.05, 0.1) is 22.4 Å². The number of ether oxygens (including phenoxy) is 1. The van der Waals surface area contributed by atoms with Gasteiger partial charge in [-0.2, -0.15) is 0 Å². The molecule has 1 N–H and O–H groups in total. The predicted molar refractivity (Wildman–Crippen MR) is 69.9 cm³/mol. The monoisotopic (exact) mass is 267 g/mol. The molecule has 0 radical (unpaired) electrons. The molecule has 1 fully saturated rings. The fourth-order valence-corrected chi connectivity index (χ4v) is 5.38. The summed E-state index contributed by atoms with van der Waals surface area (Å²) in [5.74, 6) is 0.601. The summed E-state index contributed by atoms with van der Waals surface area (Å²) in [6.45, 7) is 0.503. The van der Waals surface area contributed by atoms with Crippen LogP contribution in [0.15, 0.2) is 23.1 Å². The standard InChI is InChI=1S/C13H17NO3S/c1-17-10-5-4-6-11-12(10)14-9-13(18(11,15)16)7-2-3-8-13/h4-6,14H,2-3,7-9H2,1H3. The number of para-hydroxylation sites is 1. The number of methoxy groups -OCH3 is 1. The maximum absolute atomic E-state index is 12.8. The highest BCUT2D eigenvalue weighted by Gasteiger charge is 2.50. The molecule has 4 nitrogen and oxygen atoms in total. The zero-order chi connectivity index (χ0) is 12.8. The van der Waals surface area contributed by atoms with Crippen LogP contribution in [-0.2, 0) is 9.84 Å². The lowest BCUT2D eigenvalue weighted by Gasteiger charge is -2.35. The molecule has 5 heteroatoms. The smallest absolute Gasteiger partial charge is 0.187 e. The molecule has 1 aliphatic carbocycles. The molecule has 1 saturated carbocycles. The Kier molecular flexibility index (Phi) is 2.55. The van der Waals surface area contributed by atoms with E-state index in [9.17, 15) is 8.42 Å². The van der Waals surface area contributed by atoms with Crippen LogP contribution in [0, 0.1) is 0 Å². The lowest BCUT2D eigenvalue weighted by atomic mass is 10.1. The first kappa shape index (κ1) is 11.8. The Hall–Kier alpha value is -1.23. The van der Waals surface area contributed by atoms with E-state index in [1.807, 2.05) is 0 Å². The number of nitrogens with one attached hydrogen (secondary N) is 1. The molecule has 98 valence electrons. The van der Waals surface area contributed by atoms with Gasteiger partial charge < -0.3 is 10.1 Å². The second-order valence-corrected chi connectivity index (χ2v) is 7.39. The van der Waals surface area contributed by atoms with Crippen molar-refractivity contribution in [2.75, 3.05) is 19.0 Å². The van der Waals surface area contributed by atoms with E-state index in [1.54, 1.807) is 25.3 Å². The van der Waals surface area contributed by atoms with Gasteiger partial charge in [0.25, 0.3) is 0 Å². The van der Waals surface area contributed by atoms with Gasteiger partial charge in [0, 0.05) is 6.54 Å². The minimum Gasteiger partial charge on any atom is -0.495 e. The van der Waals surface area contributed by atoms with Crippen molar-refractivity contribution < 1.29 is 13.2 Å². The van der Waals surface area contributed by atoms with Gasteiger partial charge in [-0.05, 0) is 25.0 Å². The van der Waals surface area contributed by atoms with E-state index >= 15 is 0 Å². The zero-order valence-corrected chi connectivity index (χ0v) is 11.2. The number of benzene rings is 1. The van der Waals surface area contributed by atoms with Crippen LogP contribution in [0.25, 0.3) is 0 Å². The lowest BCUT2D eigenvalue weighted by molar-refractivity contribution is 0.413. The van der Waals surface area contributed by atoms with Crippen molar-refractivity contribution in [2.24, 2.45) is 0 Å². The average Bonchev–Trinajstić information content (AvgIpc) is 2.84. The van der Waals surface area contributed by atoms with Crippen LogP contribution in [0.4, 0.5) is 5.69 Å².